The zero-order chi connectivity index (χ0) is 17.0. The Morgan fingerprint density at radius 2 is 2.17 bits per heavy atom. The van der Waals surface area contributed by atoms with Gasteiger partial charge in [0.1, 0.15) is 22.6 Å². The maximum absolute atomic E-state index is 13.6. The molecule has 3 rings (SSSR count). The Kier molecular flexibility index (Phi) is 5.08. The fraction of sp³-hybridized carbons (Fsp3) is 0.312. The summed E-state index contributed by atoms with van der Waals surface area (Å²) in [6.07, 6.45) is 2.59. The molecule has 1 aliphatic rings. The van der Waals surface area contributed by atoms with E-state index < -0.39 is 15.8 Å². The van der Waals surface area contributed by atoms with Crippen molar-refractivity contribution in [1.29, 1.82) is 0 Å². The van der Waals surface area contributed by atoms with E-state index in [1.54, 1.807) is 18.3 Å². The average Bonchev–Trinajstić information content (AvgIpc) is 3.07. The summed E-state index contributed by atoms with van der Waals surface area (Å²) in [5.74, 6) is -0.150. The summed E-state index contributed by atoms with van der Waals surface area (Å²) in [5.41, 5.74) is 0.498. The monoisotopic (exact) mass is 351 g/mol. The third kappa shape index (κ3) is 4.08. The normalized spacial score (nSPS) is 17.8. The Morgan fingerprint density at radius 3 is 2.92 bits per heavy atom. The molecule has 2 N–H and O–H groups in total. The molecule has 1 unspecified atom stereocenters. The van der Waals surface area contributed by atoms with E-state index in [0.717, 1.165) is 25.6 Å². The van der Waals surface area contributed by atoms with Crippen LogP contribution in [0.5, 0.6) is 5.75 Å². The van der Waals surface area contributed by atoms with Crippen LogP contribution in [0.4, 0.5) is 4.39 Å². The lowest BCUT2D eigenvalue weighted by Gasteiger charge is -2.13. The lowest BCUT2D eigenvalue weighted by atomic mass is 10.3. The predicted molar refractivity (Wildman–Crippen MR) is 86.6 cm³/mol. The number of sulfonamides is 1. The van der Waals surface area contributed by atoms with Crippen molar-refractivity contribution in [3.63, 3.8) is 0 Å². The molecule has 128 valence electrons. The number of hydrogen-bond acceptors (Lipinski definition) is 5. The van der Waals surface area contributed by atoms with Crippen molar-refractivity contribution in [3.8, 4) is 5.75 Å². The number of pyridine rings is 1. The zero-order valence-corrected chi connectivity index (χ0v) is 13.7. The lowest BCUT2D eigenvalue weighted by molar-refractivity contribution is 0.222. The van der Waals surface area contributed by atoms with Gasteiger partial charge in [-0.1, -0.05) is 12.1 Å². The fourth-order valence-corrected chi connectivity index (χ4v) is 3.53. The number of aromatic nitrogens is 1. The van der Waals surface area contributed by atoms with Crippen LogP contribution in [0.1, 0.15) is 12.1 Å². The van der Waals surface area contributed by atoms with Gasteiger partial charge < -0.3 is 10.1 Å². The average molecular weight is 351 g/mol. The van der Waals surface area contributed by atoms with Crippen LogP contribution in [-0.2, 0) is 16.6 Å². The van der Waals surface area contributed by atoms with Crippen LogP contribution in [0.25, 0.3) is 0 Å². The number of nitrogens with one attached hydrogen (secondary N) is 2. The van der Waals surface area contributed by atoms with Gasteiger partial charge in [0.05, 0.1) is 12.2 Å². The Balaban J connectivity index is 1.67. The summed E-state index contributed by atoms with van der Waals surface area (Å²) in [5, 5.41) is 3.21. The molecule has 6 nitrogen and oxygen atoms in total. The molecule has 0 saturated carbocycles. The molecule has 0 aliphatic carbocycles. The van der Waals surface area contributed by atoms with E-state index in [1.165, 1.54) is 18.2 Å². The summed E-state index contributed by atoms with van der Waals surface area (Å²) >= 11 is 0. The third-order valence-corrected chi connectivity index (χ3v) is 5.11. The van der Waals surface area contributed by atoms with Crippen LogP contribution in [0.3, 0.4) is 0 Å². The lowest BCUT2D eigenvalue weighted by Crippen LogP contribution is -2.24. The van der Waals surface area contributed by atoms with Crippen LogP contribution >= 0.6 is 0 Å². The van der Waals surface area contributed by atoms with Crippen LogP contribution in [0, 0.1) is 5.82 Å². The highest BCUT2D eigenvalue weighted by Crippen LogP contribution is 2.17. The van der Waals surface area contributed by atoms with Crippen molar-refractivity contribution in [3.05, 3.63) is 54.1 Å². The van der Waals surface area contributed by atoms with Crippen LogP contribution in [0.15, 0.2) is 47.5 Å². The summed E-state index contributed by atoms with van der Waals surface area (Å²) < 4.78 is 46.2. The van der Waals surface area contributed by atoms with Crippen LogP contribution in [-0.4, -0.2) is 32.6 Å². The summed E-state index contributed by atoms with van der Waals surface area (Å²) in [6.45, 7) is 1.67. The molecular weight excluding hydrogens is 333 g/mol. The van der Waals surface area contributed by atoms with Gasteiger partial charge in [-0.05, 0) is 31.2 Å². The molecule has 1 aromatic carbocycles. The number of nitrogens with zero attached hydrogens (tertiary/aromatic N) is 1. The van der Waals surface area contributed by atoms with Gasteiger partial charge in [-0.3, -0.25) is 4.98 Å². The van der Waals surface area contributed by atoms with E-state index in [-0.39, 0.29) is 17.5 Å². The highest BCUT2D eigenvalue weighted by molar-refractivity contribution is 7.89. The molecule has 1 fully saturated rings. The minimum atomic E-state index is -3.94. The van der Waals surface area contributed by atoms with E-state index >= 15 is 0 Å². The Bertz CT molecular complexity index is 808. The first kappa shape index (κ1) is 16.8. The van der Waals surface area contributed by atoms with Gasteiger partial charge in [0.25, 0.3) is 0 Å². The third-order valence-electron chi connectivity index (χ3n) is 3.68. The molecule has 1 aliphatic heterocycles. The van der Waals surface area contributed by atoms with E-state index in [0.29, 0.717) is 11.4 Å². The molecule has 24 heavy (non-hydrogen) atoms. The van der Waals surface area contributed by atoms with Crippen molar-refractivity contribution < 1.29 is 17.5 Å². The smallest absolute Gasteiger partial charge is 0.243 e. The van der Waals surface area contributed by atoms with Gasteiger partial charge >= 0.3 is 0 Å². The first-order valence-corrected chi connectivity index (χ1v) is 9.09. The molecule has 1 aromatic heterocycles. The van der Waals surface area contributed by atoms with Gasteiger partial charge in [-0.25, -0.2) is 17.5 Å². The molecule has 0 bridgehead atoms. The fourth-order valence-electron chi connectivity index (χ4n) is 2.46. The van der Waals surface area contributed by atoms with E-state index in [1.807, 2.05) is 0 Å². The number of halogens is 1. The van der Waals surface area contributed by atoms with Gasteiger partial charge in [-0.2, -0.15) is 0 Å². The molecule has 0 radical (unpaired) electrons. The molecule has 1 saturated heterocycles. The maximum atomic E-state index is 13.6. The van der Waals surface area contributed by atoms with Crippen LogP contribution in [0.2, 0.25) is 0 Å². The highest BCUT2D eigenvalue weighted by Gasteiger charge is 2.19. The van der Waals surface area contributed by atoms with E-state index in [4.69, 9.17) is 4.74 Å². The van der Waals surface area contributed by atoms with Crippen molar-refractivity contribution in [1.82, 2.24) is 15.0 Å². The topological polar surface area (TPSA) is 80.3 Å². The van der Waals surface area contributed by atoms with Gasteiger partial charge in [0, 0.05) is 18.8 Å². The number of rotatable bonds is 6. The molecule has 1 atom stereocenters. The van der Waals surface area contributed by atoms with Crippen LogP contribution < -0.4 is 14.8 Å². The number of benzene rings is 1. The van der Waals surface area contributed by atoms with E-state index in [2.05, 4.69) is 15.0 Å². The summed E-state index contributed by atoms with van der Waals surface area (Å²) in [6, 6.07) is 8.65. The van der Waals surface area contributed by atoms with Gasteiger partial charge in [0.15, 0.2) is 0 Å². The predicted octanol–water partition coefficient (Wildman–Crippen LogP) is 1.44. The first-order valence-electron chi connectivity index (χ1n) is 7.61. The Morgan fingerprint density at radius 1 is 1.33 bits per heavy atom. The Labute approximate surface area is 140 Å². The quantitative estimate of drug-likeness (QED) is 0.823. The summed E-state index contributed by atoms with van der Waals surface area (Å²) in [7, 11) is -3.94. The second-order valence-electron chi connectivity index (χ2n) is 5.47. The van der Waals surface area contributed by atoms with Crippen molar-refractivity contribution >= 4 is 10.0 Å². The van der Waals surface area contributed by atoms with E-state index in [9.17, 15) is 12.8 Å². The molecule has 0 spiro atoms. The largest absolute Gasteiger partial charge is 0.489 e. The Hall–Kier alpha value is -2.03. The zero-order valence-electron chi connectivity index (χ0n) is 12.9. The minimum Gasteiger partial charge on any atom is -0.489 e. The second kappa shape index (κ2) is 7.25. The minimum absolute atomic E-state index is 0.0449. The SMILES string of the molecule is O=S(=O)(NCc1cc(OC2CCNC2)ccn1)c1ccccc1F. The molecule has 0 amide bonds. The molecule has 2 heterocycles. The highest BCUT2D eigenvalue weighted by atomic mass is 32.2. The number of ether oxygens (including phenoxy) is 1. The molecule has 8 heteroatoms. The first-order chi connectivity index (χ1) is 11.5. The van der Waals surface area contributed by atoms with Crippen molar-refractivity contribution in [2.75, 3.05) is 13.1 Å². The van der Waals surface area contributed by atoms with Gasteiger partial charge in [0.2, 0.25) is 10.0 Å². The van der Waals surface area contributed by atoms with Crippen molar-refractivity contribution in [2.24, 2.45) is 0 Å². The number of hydrogen-bond donors (Lipinski definition) is 2. The molecule has 2 aromatic rings. The summed E-state index contributed by atoms with van der Waals surface area (Å²) in [4.78, 5) is 3.74. The standard InChI is InChI=1S/C16H18FN3O3S/c17-15-3-1-2-4-16(15)24(21,22)20-10-12-9-13(6-8-19-12)23-14-5-7-18-11-14/h1-4,6,8-9,14,18,20H,5,7,10-11H2. The maximum Gasteiger partial charge on any atom is 0.243 e. The van der Waals surface area contributed by atoms with Gasteiger partial charge in [-0.15, -0.1) is 0 Å². The van der Waals surface area contributed by atoms with Crippen molar-refractivity contribution in [2.45, 2.75) is 24.0 Å². The second-order valence-corrected chi connectivity index (χ2v) is 7.21. The molecular formula is C16H18FN3O3S.